The van der Waals surface area contributed by atoms with Gasteiger partial charge in [0.25, 0.3) is 0 Å². The first kappa shape index (κ1) is 32.3. The zero-order chi connectivity index (χ0) is 28.6. The molecule has 0 radical (unpaired) electrons. The van der Waals surface area contributed by atoms with Crippen LogP contribution >= 0.6 is 0 Å². The van der Waals surface area contributed by atoms with Gasteiger partial charge in [-0.3, -0.25) is 4.79 Å². The molecule has 2 rings (SSSR count). The molecule has 0 aromatic heterocycles. The van der Waals surface area contributed by atoms with E-state index in [-0.39, 0.29) is 36.1 Å². The predicted molar refractivity (Wildman–Crippen MR) is 151 cm³/mol. The molecule has 3 N–H and O–H groups in total. The van der Waals surface area contributed by atoms with Crippen molar-refractivity contribution in [3.8, 4) is 0 Å². The molecule has 39 heavy (non-hydrogen) atoms. The second-order valence-electron chi connectivity index (χ2n) is 9.73. The molecular weight excluding hydrogens is 504 g/mol. The Bertz CT molecular complexity index is 892. The van der Waals surface area contributed by atoms with Crippen molar-refractivity contribution in [3.63, 3.8) is 0 Å². The minimum absolute atomic E-state index is 0.00283. The number of ether oxygens (including phenoxy) is 4. The van der Waals surface area contributed by atoms with E-state index >= 15 is 0 Å². The van der Waals surface area contributed by atoms with Crippen LogP contribution < -0.4 is 11.2 Å². The SMILES string of the molecule is C=C(CC)ONC(C)C(=O)OCCCCCCCCO/C1=N/C(N)=N\N(C2OC(COC)CC2C)C=NC1=C. The highest BCUT2D eigenvalue weighted by molar-refractivity contribution is 6.02. The second-order valence-corrected chi connectivity index (χ2v) is 9.73. The molecule has 0 bridgehead atoms. The lowest BCUT2D eigenvalue weighted by atomic mass is 10.1. The number of carbonyl (C=O) groups excluding carboxylic acids is 1. The van der Waals surface area contributed by atoms with E-state index in [2.05, 4.69) is 40.6 Å². The van der Waals surface area contributed by atoms with Crippen LogP contribution in [0.25, 0.3) is 0 Å². The number of nitrogens with zero attached hydrogens (tertiary/aromatic N) is 4. The summed E-state index contributed by atoms with van der Waals surface area (Å²) in [5, 5.41) is 5.92. The summed E-state index contributed by atoms with van der Waals surface area (Å²) in [5.41, 5.74) is 9.06. The van der Waals surface area contributed by atoms with Crippen LogP contribution in [0.15, 0.2) is 39.7 Å². The van der Waals surface area contributed by atoms with Crippen molar-refractivity contribution in [3.05, 3.63) is 24.6 Å². The van der Waals surface area contributed by atoms with Gasteiger partial charge in [-0.15, -0.1) is 10.6 Å². The Balaban J connectivity index is 1.61. The van der Waals surface area contributed by atoms with Gasteiger partial charge in [-0.05, 0) is 26.2 Å². The number of hydrogen-bond donors (Lipinski definition) is 2. The largest absolute Gasteiger partial charge is 0.476 e. The third-order valence-electron chi connectivity index (χ3n) is 6.23. The van der Waals surface area contributed by atoms with Gasteiger partial charge in [-0.1, -0.05) is 52.7 Å². The molecule has 4 atom stereocenters. The lowest BCUT2D eigenvalue weighted by Gasteiger charge is -2.25. The number of carbonyl (C=O) groups is 1. The van der Waals surface area contributed by atoms with Gasteiger partial charge < -0.3 is 29.5 Å². The van der Waals surface area contributed by atoms with Crippen LogP contribution in [0.5, 0.6) is 0 Å². The molecule has 0 amide bonds. The molecular formula is C27H46N6O6. The molecule has 220 valence electrons. The Hall–Kier alpha value is -2.96. The van der Waals surface area contributed by atoms with Crippen molar-refractivity contribution >= 4 is 24.2 Å². The van der Waals surface area contributed by atoms with Crippen molar-refractivity contribution < 1.29 is 28.6 Å². The summed E-state index contributed by atoms with van der Waals surface area (Å²) in [6, 6.07) is -0.545. The minimum atomic E-state index is -0.545. The van der Waals surface area contributed by atoms with E-state index in [0.29, 0.717) is 37.7 Å². The van der Waals surface area contributed by atoms with Crippen molar-refractivity contribution in [2.75, 3.05) is 26.9 Å². The van der Waals surface area contributed by atoms with Gasteiger partial charge in [0, 0.05) is 19.4 Å². The number of hydrogen-bond acceptors (Lipinski definition) is 12. The fraction of sp³-hybridized carbons (Fsp3) is 0.704. The Labute approximate surface area is 232 Å². The molecule has 4 unspecified atom stereocenters. The number of nitrogens with one attached hydrogen (secondary N) is 1. The smallest absolute Gasteiger partial charge is 0.326 e. The van der Waals surface area contributed by atoms with E-state index in [1.54, 1.807) is 25.4 Å². The number of guanidine groups is 1. The van der Waals surface area contributed by atoms with Crippen LogP contribution in [0.1, 0.15) is 72.1 Å². The van der Waals surface area contributed by atoms with Crippen molar-refractivity contribution in [2.24, 2.45) is 26.7 Å². The van der Waals surface area contributed by atoms with Gasteiger partial charge in [0.15, 0.2) is 6.23 Å². The summed E-state index contributed by atoms with van der Waals surface area (Å²) in [7, 11) is 1.65. The van der Waals surface area contributed by atoms with E-state index in [1.807, 2.05) is 6.92 Å². The fourth-order valence-electron chi connectivity index (χ4n) is 3.96. The highest BCUT2D eigenvalue weighted by atomic mass is 16.7. The molecule has 2 aliphatic heterocycles. The number of rotatable bonds is 17. The summed E-state index contributed by atoms with van der Waals surface area (Å²) >= 11 is 0. The standard InChI is InChI=1S/C27H46N6O6/c1-7-20(3)39-32-22(5)26(34)37-15-13-11-9-8-10-12-14-36-24-21(4)29-18-33(31-27(28)30-24)25-19(2)16-23(38-25)17-35-6/h18-19,22-23,25,32H,3-4,7-17H2,1-2,5-6H3,(H2,28,31)/b29-18?,30-24+. The first-order valence-electron chi connectivity index (χ1n) is 13.7. The minimum Gasteiger partial charge on any atom is -0.476 e. The summed E-state index contributed by atoms with van der Waals surface area (Å²) in [5.74, 6) is 0.762. The quantitative estimate of drug-likeness (QED) is 0.120. The first-order valence-corrected chi connectivity index (χ1v) is 13.7. The van der Waals surface area contributed by atoms with Gasteiger partial charge in [0.2, 0.25) is 11.9 Å². The number of nitrogens with two attached hydrogens (primary N) is 1. The van der Waals surface area contributed by atoms with Crippen LogP contribution in [0.3, 0.4) is 0 Å². The monoisotopic (exact) mass is 550 g/mol. The third kappa shape index (κ3) is 11.8. The van der Waals surface area contributed by atoms with Gasteiger partial charge in [-0.2, -0.15) is 4.99 Å². The lowest BCUT2D eigenvalue weighted by Crippen LogP contribution is -2.37. The van der Waals surface area contributed by atoms with Crippen LogP contribution in [-0.4, -0.2) is 74.5 Å². The van der Waals surface area contributed by atoms with Crippen LogP contribution in [0, 0.1) is 5.92 Å². The van der Waals surface area contributed by atoms with E-state index < -0.39 is 6.04 Å². The highest BCUT2D eigenvalue weighted by Crippen LogP contribution is 2.29. The van der Waals surface area contributed by atoms with E-state index in [0.717, 1.165) is 44.9 Å². The molecule has 0 spiro atoms. The van der Waals surface area contributed by atoms with Crippen molar-refractivity contribution in [1.82, 2.24) is 10.5 Å². The maximum atomic E-state index is 11.9. The molecule has 12 heteroatoms. The number of aliphatic imine (C=N–C) groups is 2. The maximum Gasteiger partial charge on any atom is 0.326 e. The highest BCUT2D eigenvalue weighted by Gasteiger charge is 2.36. The molecule has 2 aliphatic rings. The molecule has 0 aromatic carbocycles. The van der Waals surface area contributed by atoms with Gasteiger partial charge in [0.05, 0.1) is 25.9 Å². The molecule has 0 saturated carbocycles. The van der Waals surface area contributed by atoms with E-state index in [4.69, 9.17) is 29.5 Å². The molecule has 1 fully saturated rings. The summed E-state index contributed by atoms with van der Waals surface area (Å²) in [6.07, 6.45) is 8.52. The van der Waals surface area contributed by atoms with Crippen molar-refractivity contribution in [2.45, 2.75) is 90.5 Å². The number of esters is 1. The number of hydroxylamine groups is 1. The maximum absolute atomic E-state index is 11.9. The van der Waals surface area contributed by atoms with Gasteiger partial charge in [0.1, 0.15) is 23.8 Å². The number of methoxy groups -OCH3 is 1. The zero-order valence-corrected chi connectivity index (χ0v) is 23.9. The molecule has 1 saturated heterocycles. The van der Waals surface area contributed by atoms with Crippen LogP contribution in [-0.2, 0) is 28.6 Å². The molecule has 12 nitrogen and oxygen atoms in total. The number of unbranched alkanes of at least 4 members (excludes halogenated alkanes) is 5. The summed E-state index contributed by atoms with van der Waals surface area (Å²) in [4.78, 5) is 25.7. The average Bonchev–Trinajstić information content (AvgIpc) is 3.28. The molecule has 0 aromatic rings. The number of allylic oxidation sites excluding steroid dienone is 1. The Morgan fingerprint density at radius 1 is 1.26 bits per heavy atom. The Morgan fingerprint density at radius 3 is 2.64 bits per heavy atom. The number of hydrazone groups is 1. The Morgan fingerprint density at radius 2 is 1.95 bits per heavy atom. The molecule has 2 heterocycles. The molecule has 0 aliphatic carbocycles. The van der Waals surface area contributed by atoms with E-state index in [1.165, 1.54) is 0 Å². The summed E-state index contributed by atoms with van der Waals surface area (Å²) < 4.78 is 22.3. The van der Waals surface area contributed by atoms with Gasteiger partial charge in [-0.25, -0.2) is 10.0 Å². The average molecular weight is 551 g/mol. The third-order valence-corrected chi connectivity index (χ3v) is 6.23. The van der Waals surface area contributed by atoms with Crippen LogP contribution in [0.4, 0.5) is 0 Å². The fourth-order valence-corrected chi connectivity index (χ4v) is 3.96. The second kappa shape index (κ2) is 17.6. The predicted octanol–water partition coefficient (Wildman–Crippen LogP) is 3.60. The van der Waals surface area contributed by atoms with E-state index in [9.17, 15) is 4.79 Å². The van der Waals surface area contributed by atoms with Gasteiger partial charge >= 0.3 is 5.97 Å². The lowest BCUT2D eigenvalue weighted by molar-refractivity contribution is -0.149. The zero-order valence-electron chi connectivity index (χ0n) is 23.9. The van der Waals surface area contributed by atoms with Crippen molar-refractivity contribution in [1.29, 1.82) is 0 Å². The normalized spacial score (nSPS) is 24.7. The first-order chi connectivity index (χ1) is 18.7. The van der Waals surface area contributed by atoms with Crippen LogP contribution in [0.2, 0.25) is 0 Å². The Kier molecular flexibility index (Phi) is 14.5. The summed E-state index contributed by atoms with van der Waals surface area (Å²) in [6.45, 7) is 14.8. The topological polar surface area (TPSA) is 142 Å².